The number of carbonyl (C=O) groups excluding carboxylic acids is 2. The normalized spacial score (nSPS) is 14.4. The van der Waals surface area contributed by atoms with E-state index in [0.29, 0.717) is 22.0 Å². The Morgan fingerprint density at radius 2 is 1.71 bits per heavy atom. The SMILES string of the molecule is CCOC(=O)C1=C(c2ccc(-n3c(C)nc4cnccc43)cc2)NC(C)=C(C(=O)OCC#Cc2cncnc2)C1/C=C/c1ccccc1Cl. The zero-order valence-corrected chi connectivity index (χ0v) is 27.7. The van der Waals surface area contributed by atoms with Gasteiger partial charge in [0.2, 0.25) is 0 Å². The van der Waals surface area contributed by atoms with Crippen molar-refractivity contribution in [3.8, 4) is 17.5 Å². The number of aryl methyl sites for hydroxylation is 1. The number of nitrogens with zero attached hydrogens (tertiary/aromatic N) is 5. The van der Waals surface area contributed by atoms with Crippen molar-refractivity contribution in [2.45, 2.75) is 20.8 Å². The molecule has 0 saturated heterocycles. The van der Waals surface area contributed by atoms with Gasteiger partial charge in [-0.25, -0.2) is 24.5 Å². The fraction of sp³-hybridized carbons (Fsp3) is 0.158. The number of hydrogen-bond acceptors (Lipinski definition) is 9. The van der Waals surface area contributed by atoms with Gasteiger partial charge in [0.1, 0.15) is 17.7 Å². The van der Waals surface area contributed by atoms with Crippen LogP contribution in [0.3, 0.4) is 0 Å². The number of dihydropyridines is 1. The van der Waals surface area contributed by atoms with E-state index in [1.165, 1.54) is 6.33 Å². The van der Waals surface area contributed by atoms with E-state index in [2.05, 4.69) is 37.1 Å². The third kappa shape index (κ3) is 7.12. The molecule has 0 bridgehead atoms. The summed E-state index contributed by atoms with van der Waals surface area (Å²) in [6.45, 7) is 5.39. The smallest absolute Gasteiger partial charge is 0.337 e. The summed E-state index contributed by atoms with van der Waals surface area (Å²) in [4.78, 5) is 44.2. The largest absolute Gasteiger partial charge is 0.463 e. The van der Waals surface area contributed by atoms with Crippen molar-refractivity contribution >= 4 is 46.3 Å². The first-order valence-electron chi connectivity index (χ1n) is 15.5. The zero-order chi connectivity index (χ0) is 34.3. The summed E-state index contributed by atoms with van der Waals surface area (Å²) in [6.07, 6.45) is 11.6. The lowest BCUT2D eigenvalue weighted by atomic mass is 9.83. The molecule has 0 saturated carbocycles. The third-order valence-corrected chi connectivity index (χ3v) is 8.15. The van der Waals surface area contributed by atoms with Crippen LogP contribution >= 0.6 is 11.6 Å². The first kappa shape index (κ1) is 32.9. The summed E-state index contributed by atoms with van der Waals surface area (Å²) >= 11 is 6.48. The van der Waals surface area contributed by atoms with Crippen molar-refractivity contribution in [2.75, 3.05) is 13.2 Å². The van der Waals surface area contributed by atoms with Crippen LogP contribution < -0.4 is 5.32 Å². The number of fused-ring (bicyclic) bond motifs is 1. The predicted molar refractivity (Wildman–Crippen MR) is 187 cm³/mol. The molecule has 0 fully saturated rings. The quantitative estimate of drug-likeness (QED) is 0.151. The van der Waals surface area contributed by atoms with Crippen LogP contribution in [0.5, 0.6) is 0 Å². The molecule has 244 valence electrons. The summed E-state index contributed by atoms with van der Waals surface area (Å²) in [5.41, 5.74) is 6.14. The van der Waals surface area contributed by atoms with Crippen molar-refractivity contribution in [1.82, 2.24) is 29.8 Å². The number of hydrogen-bond donors (Lipinski definition) is 1. The number of benzene rings is 2. The van der Waals surface area contributed by atoms with Gasteiger partial charge >= 0.3 is 11.9 Å². The summed E-state index contributed by atoms with van der Waals surface area (Å²) in [6, 6.07) is 17.0. The zero-order valence-electron chi connectivity index (χ0n) is 27.0. The average Bonchev–Trinajstić information content (AvgIpc) is 3.45. The molecule has 11 heteroatoms. The van der Waals surface area contributed by atoms with Crippen molar-refractivity contribution < 1.29 is 19.1 Å². The van der Waals surface area contributed by atoms with E-state index in [0.717, 1.165) is 33.7 Å². The lowest BCUT2D eigenvalue weighted by Gasteiger charge is -2.30. The molecule has 5 aromatic rings. The number of esters is 2. The van der Waals surface area contributed by atoms with Crippen LogP contribution in [0, 0.1) is 24.7 Å². The number of rotatable bonds is 8. The Labute approximate surface area is 288 Å². The maximum Gasteiger partial charge on any atom is 0.337 e. The lowest BCUT2D eigenvalue weighted by molar-refractivity contribution is -0.139. The minimum atomic E-state index is -0.846. The Kier molecular flexibility index (Phi) is 9.93. The molecular weight excluding hydrogens is 640 g/mol. The number of allylic oxidation sites excluding steroid dienone is 2. The van der Waals surface area contributed by atoms with E-state index >= 15 is 0 Å². The van der Waals surface area contributed by atoms with Gasteiger partial charge in [0, 0.05) is 40.9 Å². The van der Waals surface area contributed by atoms with E-state index in [9.17, 15) is 9.59 Å². The van der Waals surface area contributed by atoms with Crippen LogP contribution in [-0.2, 0) is 19.1 Å². The fourth-order valence-corrected chi connectivity index (χ4v) is 5.84. The Balaban J connectivity index is 1.40. The van der Waals surface area contributed by atoms with E-state index in [4.69, 9.17) is 21.1 Å². The third-order valence-electron chi connectivity index (χ3n) is 7.80. The molecule has 1 aliphatic heterocycles. The van der Waals surface area contributed by atoms with Crippen molar-refractivity contribution in [3.63, 3.8) is 0 Å². The van der Waals surface area contributed by atoms with Crippen LogP contribution in [0.25, 0.3) is 28.5 Å². The van der Waals surface area contributed by atoms with Crippen LogP contribution in [0.1, 0.15) is 36.4 Å². The molecule has 2 aromatic carbocycles. The molecule has 3 aromatic heterocycles. The standard InChI is InChI=1S/C38H31ClN6O4/c1-4-48-38(47)35-30(16-13-27-9-5-6-10-31(27)39)34(37(46)49-19-7-8-26-20-41-23-42-21-26)24(2)43-36(35)28-11-14-29(15-12-28)45-25(3)44-32-22-40-18-17-33(32)45/h5-6,9-18,20-23,30,43H,4,19H2,1-3H3/b16-13+. The van der Waals surface area contributed by atoms with Gasteiger partial charge in [0.05, 0.1) is 40.7 Å². The molecule has 1 N–H and O–H groups in total. The van der Waals surface area contributed by atoms with Gasteiger partial charge in [-0.15, -0.1) is 0 Å². The summed E-state index contributed by atoms with van der Waals surface area (Å²) in [7, 11) is 0. The van der Waals surface area contributed by atoms with Crippen LogP contribution in [0.2, 0.25) is 5.02 Å². The van der Waals surface area contributed by atoms with Gasteiger partial charge in [0.25, 0.3) is 0 Å². The van der Waals surface area contributed by atoms with Gasteiger partial charge in [0.15, 0.2) is 6.61 Å². The van der Waals surface area contributed by atoms with Gasteiger partial charge in [-0.3, -0.25) is 9.55 Å². The summed E-state index contributed by atoms with van der Waals surface area (Å²) in [5.74, 6) is 4.45. The minimum absolute atomic E-state index is 0.138. The van der Waals surface area contributed by atoms with Gasteiger partial charge in [-0.05, 0) is 56.2 Å². The minimum Gasteiger partial charge on any atom is -0.463 e. The molecular formula is C38H31ClN6O4. The van der Waals surface area contributed by atoms with Crippen molar-refractivity contribution in [2.24, 2.45) is 5.92 Å². The molecule has 1 atom stereocenters. The molecule has 1 unspecified atom stereocenters. The second-order valence-electron chi connectivity index (χ2n) is 10.9. The molecule has 0 spiro atoms. The summed E-state index contributed by atoms with van der Waals surface area (Å²) in [5, 5.41) is 3.84. The number of imidazole rings is 1. The maximum absolute atomic E-state index is 13.8. The second-order valence-corrected chi connectivity index (χ2v) is 11.3. The van der Waals surface area contributed by atoms with Gasteiger partial charge < -0.3 is 14.8 Å². The first-order chi connectivity index (χ1) is 23.9. The van der Waals surface area contributed by atoms with E-state index < -0.39 is 17.9 Å². The monoisotopic (exact) mass is 670 g/mol. The first-order valence-corrected chi connectivity index (χ1v) is 15.9. The second kappa shape index (κ2) is 14.8. The predicted octanol–water partition coefficient (Wildman–Crippen LogP) is 6.25. The molecule has 0 amide bonds. The number of aromatic nitrogens is 5. The number of pyridine rings is 1. The van der Waals surface area contributed by atoms with Crippen LogP contribution in [0.15, 0.2) is 109 Å². The number of ether oxygens (including phenoxy) is 2. The molecule has 0 aliphatic carbocycles. The fourth-order valence-electron chi connectivity index (χ4n) is 5.64. The number of nitrogens with one attached hydrogen (secondary N) is 1. The molecule has 6 rings (SSSR count). The highest BCUT2D eigenvalue weighted by Crippen LogP contribution is 2.37. The van der Waals surface area contributed by atoms with Gasteiger partial charge in [-0.1, -0.05) is 65.9 Å². The Hall–Kier alpha value is -6.05. The lowest BCUT2D eigenvalue weighted by Crippen LogP contribution is -2.33. The Bertz CT molecular complexity index is 2190. The Morgan fingerprint density at radius 3 is 2.47 bits per heavy atom. The van der Waals surface area contributed by atoms with Crippen LogP contribution in [0.4, 0.5) is 0 Å². The van der Waals surface area contributed by atoms with Crippen LogP contribution in [-0.4, -0.2) is 49.7 Å². The summed E-state index contributed by atoms with van der Waals surface area (Å²) < 4.78 is 13.2. The average molecular weight is 671 g/mol. The van der Waals surface area contributed by atoms with Gasteiger partial charge in [-0.2, -0.15) is 0 Å². The van der Waals surface area contributed by atoms with E-state index in [1.807, 2.05) is 60.0 Å². The van der Waals surface area contributed by atoms with Crippen molar-refractivity contribution in [1.29, 1.82) is 0 Å². The van der Waals surface area contributed by atoms with Crippen molar-refractivity contribution in [3.05, 3.63) is 136 Å². The molecule has 4 heterocycles. The highest BCUT2D eigenvalue weighted by molar-refractivity contribution is 6.32. The number of halogens is 1. The Morgan fingerprint density at radius 1 is 0.959 bits per heavy atom. The molecule has 49 heavy (non-hydrogen) atoms. The van der Waals surface area contributed by atoms with E-state index in [1.54, 1.807) is 56.9 Å². The highest BCUT2D eigenvalue weighted by atomic mass is 35.5. The maximum atomic E-state index is 13.8. The molecule has 0 radical (unpaired) electrons. The highest BCUT2D eigenvalue weighted by Gasteiger charge is 2.37. The molecule has 1 aliphatic rings. The molecule has 10 nitrogen and oxygen atoms in total. The van der Waals surface area contributed by atoms with E-state index in [-0.39, 0.29) is 24.4 Å². The number of carbonyl (C=O) groups is 2. The topological polar surface area (TPSA) is 121 Å².